The third-order valence-corrected chi connectivity index (χ3v) is 3.79. The predicted molar refractivity (Wildman–Crippen MR) is 84.0 cm³/mol. The molecule has 3 rings (SSSR count). The number of nitriles is 1. The fraction of sp³-hybridized carbons (Fsp3) is 0.188. The van der Waals surface area contributed by atoms with Crippen LogP contribution < -0.4 is 5.32 Å². The molecule has 6 heteroatoms. The average Bonchev–Trinajstić information content (AvgIpc) is 3.16. The molecule has 2 heterocycles. The van der Waals surface area contributed by atoms with Crippen LogP contribution in [0, 0.1) is 18.3 Å². The number of aromatic nitrogens is 4. The number of anilines is 1. The van der Waals surface area contributed by atoms with Crippen molar-refractivity contribution >= 4 is 5.69 Å². The molecule has 0 atom stereocenters. The molecule has 0 aliphatic heterocycles. The van der Waals surface area contributed by atoms with Crippen molar-refractivity contribution in [2.24, 2.45) is 7.05 Å². The summed E-state index contributed by atoms with van der Waals surface area (Å²) in [6.45, 7) is 2.68. The van der Waals surface area contributed by atoms with Crippen LogP contribution >= 0.6 is 0 Å². The summed E-state index contributed by atoms with van der Waals surface area (Å²) in [4.78, 5) is 4.15. The first kappa shape index (κ1) is 13.9. The van der Waals surface area contributed by atoms with E-state index in [0.29, 0.717) is 12.2 Å². The Morgan fingerprint density at radius 1 is 1.36 bits per heavy atom. The topological polar surface area (TPSA) is 82.3 Å². The van der Waals surface area contributed by atoms with E-state index in [9.17, 15) is 0 Å². The van der Waals surface area contributed by atoms with Gasteiger partial charge in [0.2, 0.25) is 0 Å². The second-order valence-electron chi connectivity index (χ2n) is 5.08. The van der Waals surface area contributed by atoms with Crippen LogP contribution in [0.4, 0.5) is 5.69 Å². The molecule has 0 saturated carbocycles. The summed E-state index contributed by atoms with van der Waals surface area (Å²) in [5.74, 6) is 0.742. The third kappa shape index (κ3) is 2.56. The van der Waals surface area contributed by atoms with Crippen molar-refractivity contribution in [3.8, 4) is 17.5 Å². The van der Waals surface area contributed by atoms with Crippen molar-refractivity contribution < 1.29 is 0 Å². The molecule has 6 nitrogen and oxygen atoms in total. The molecular weight excluding hydrogens is 276 g/mol. The lowest BCUT2D eigenvalue weighted by Crippen LogP contribution is -2.01. The Hall–Kier alpha value is -3.07. The molecule has 0 fully saturated rings. The standard InChI is InChI=1S/C16H16N6/c1-11-13(7-15(8-17)22(11)2)9-18-14-5-3-4-12(6-14)16-19-10-20-21-16/h3-7,10,18H,9H2,1-2H3,(H,19,20,21). The first-order valence-electron chi connectivity index (χ1n) is 6.94. The maximum absolute atomic E-state index is 9.08. The SMILES string of the molecule is Cc1c(CNc2cccc(-c3ncn[nH]3)c2)cc(C#N)n1C. The van der Waals surface area contributed by atoms with Crippen molar-refractivity contribution in [3.05, 3.63) is 53.6 Å². The molecule has 0 aliphatic rings. The second kappa shape index (κ2) is 5.74. The van der Waals surface area contributed by atoms with Gasteiger partial charge < -0.3 is 9.88 Å². The molecule has 0 saturated heterocycles. The van der Waals surface area contributed by atoms with E-state index in [1.54, 1.807) is 0 Å². The first-order valence-corrected chi connectivity index (χ1v) is 6.94. The van der Waals surface area contributed by atoms with E-state index in [-0.39, 0.29) is 0 Å². The first-order chi connectivity index (χ1) is 10.7. The number of H-pyrrole nitrogens is 1. The summed E-state index contributed by atoms with van der Waals surface area (Å²) < 4.78 is 1.90. The van der Waals surface area contributed by atoms with Gasteiger partial charge in [0.1, 0.15) is 18.1 Å². The van der Waals surface area contributed by atoms with Crippen LogP contribution in [-0.4, -0.2) is 19.7 Å². The maximum Gasteiger partial charge on any atom is 0.155 e. The molecule has 0 unspecified atom stereocenters. The zero-order chi connectivity index (χ0) is 15.5. The van der Waals surface area contributed by atoms with Crippen molar-refractivity contribution in [1.29, 1.82) is 5.26 Å². The molecule has 0 spiro atoms. The largest absolute Gasteiger partial charge is 0.381 e. The fourth-order valence-corrected chi connectivity index (χ4v) is 2.37. The summed E-state index contributed by atoms with van der Waals surface area (Å²) >= 11 is 0. The zero-order valence-corrected chi connectivity index (χ0v) is 12.5. The minimum absolute atomic E-state index is 0.668. The van der Waals surface area contributed by atoms with Crippen molar-refractivity contribution in [1.82, 2.24) is 19.7 Å². The van der Waals surface area contributed by atoms with Crippen LogP contribution in [0.3, 0.4) is 0 Å². The molecule has 0 aliphatic carbocycles. The van der Waals surface area contributed by atoms with E-state index in [2.05, 4.69) is 26.6 Å². The highest BCUT2D eigenvalue weighted by Gasteiger charge is 2.08. The van der Waals surface area contributed by atoms with E-state index >= 15 is 0 Å². The Labute approximate surface area is 128 Å². The van der Waals surface area contributed by atoms with Gasteiger partial charge in [-0.2, -0.15) is 10.4 Å². The molecule has 22 heavy (non-hydrogen) atoms. The Morgan fingerprint density at radius 3 is 2.91 bits per heavy atom. The van der Waals surface area contributed by atoms with Crippen LogP contribution in [0.25, 0.3) is 11.4 Å². The number of benzene rings is 1. The zero-order valence-electron chi connectivity index (χ0n) is 12.5. The lowest BCUT2D eigenvalue weighted by Gasteiger charge is -2.08. The highest BCUT2D eigenvalue weighted by atomic mass is 15.2. The number of nitrogens with zero attached hydrogens (tertiary/aromatic N) is 4. The molecule has 110 valence electrons. The molecular formula is C16H16N6. The third-order valence-electron chi connectivity index (χ3n) is 3.79. The summed E-state index contributed by atoms with van der Waals surface area (Å²) in [6, 6.07) is 12.1. The van der Waals surface area contributed by atoms with E-state index in [4.69, 9.17) is 5.26 Å². The van der Waals surface area contributed by atoms with Gasteiger partial charge in [-0.1, -0.05) is 12.1 Å². The lowest BCUT2D eigenvalue weighted by atomic mass is 10.2. The number of hydrogen-bond acceptors (Lipinski definition) is 4. The van der Waals surface area contributed by atoms with Gasteiger partial charge in [0, 0.05) is 30.5 Å². The Kier molecular flexibility index (Phi) is 3.62. The van der Waals surface area contributed by atoms with Gasteiger partial charge in [0.15, 0.2) is 5.82 Å². The summed E-state index contributed by atoms with van der Waals surface area (Å²) in [5.41, 5.74) is 4.85. The summed E-state index contributed by atoms with van der Waals surface area (Å²) in [7, 11) is 1.90. The van der Waals surface area contributed by atoms with Gasteiger partial charge >= 0.3 is 0 Å². The summed E-state index contributed by atoms with van der Waals surface area (Å²) in [6.07, 6.45) is 1.49. The van der Waals surface area contributed by atoms with Gasteiger partial charge in [0.25, 0.3) is 0 Å². The van der Waals surface area contributed by atoms with Gasteiger partial charge in [-0.05, 0) is 30.7 Å². The number of rotatable bonds is 4. The van der Waals surface area contributed by atoms with Crippen LogP contribution in [0.5, 0.6) is 0 Å². The van der Waals surface area contributed by atoms with Gasteiger partial charge in [-0.3, -0.25) is 5.10 Å². The molecule has 2 aromatic heterocycles. The van der Waals surface area contributed by atoms with Crippen molar-refractivity contribution in [2.75, 3.05) is 5.32 Å². The maximum atomic E-state index is 9.08. The second-order valence-corrected chi connectivity index (χ2v) is 5.08. The van der Waals surface area contributed by atoms with E-state index < -0.39 is 0 Å². The van der Waals surface area contributed by atoms with E-state index in [1.165, 1.54) is 6.33 Å². The number of hydrogen-bond donors (Lipinski definition) is 2. The van der Waals surface area contributed by atoms with E-state index in [0.717, 1.165) is 28.3 Å². The Bertz CT molecular complexity index is 823. The monoisotopic (exact) mass is 292 g/mol. The molecule has 0 bridgehead atoms. The van der Waals surface area contributed by atoms with E-state index in [1.807, 2.05) is 48.9 Å². The van der Waals surface area contributed by atoms with Crippen LogP contribution in [0.15, 0.2) is 36.7 Å². The van der Waals surface area contributed by atoms with Crippen molar-refractivity contribution in [2.45, 2.75) is 13.5 Å². The van der Waals surface area contributed by atoms with Crippen LogP contribution in [-0.2, 0) is 13.6 Å². The normalized spacial score (nSPS) is 10.4. The number of nitrogens with one attached hydrogen (secondary N) is 2. The van der Waals surface area contributed by atoms with Gasteiger partial charge in [-0.15, -0.1) is 0 Å². The lowest BCUT2D eigenvalue weighted by molar-refractivity contribution is 0.856. The van der Waals surface area contributed by atoms with Crippen LogP contribution in [0.2, 0.25) is 0 Å². The van der Waals surface area contributed by atoms with Gasteiger partial charge in [-0.25, -0.2) is 4.98 Å². The molecule has 0 radical (unpaired) electrons. The van der Waals surface area contributed by atoms with Crippen molar-refractivity contribution in [3.63, 3.8) is 0 Å². The summed E-state index contributed by atoms with van der Waals surface area (Å²) in [5, 5.41) is 19.2. The quantitative estimate of drug-likeness (QED) is 0.774. The minimum Gasteiger partial charge on any atom is -0.381 e. The predicted octanol–water partition coefficient (Wildman–Crippen LogP) is 2.60. The van der Waals surface area contributed by atoms with Crippen LogP contribution in [0.1, 0.15) is 17.0 Å². The number of aromatic amines is 1. The Morgan fingerprint density at radius 2 is 2.23 bits per heavy atom. The molecule has 1 aromatic carbocycles. The molecule has 2 N–H and O–H groups in total. The van der Waals surface area contributed by atoms with Gasteiger partial charge in [0.05, 0.1) is 0 Å². The average molecular weight is 292 g/mol. The highest BCUT2D eigenvalue weighted by Crippen LogP contribution is 2.20. The highest BCUT2D eigenvalue weighted by molar-refractivity contribution is 5.62. The molecule has 0 amide bonds. The Balaban J connectivity index is 1.78. The fourth-order valence-electron chi connectivity index (χ4n) is 2.37. The molecule has 3 aromatic rings. The smallest absolute Gasteiger partial charge is 0.155 e. The minimum atomic E-state index is 0.668.